The van der Waals surface area contributed by atoms with Crippen LogP contribution in [0.3, 0.4) is 0 Å². The van der Waals surface area contributed by atoms with Crippen molar-refractivity contribution in [1.82, 2.24) is 9.97 Å². The number of anilines is 1. The minimum Gasteiger partial charge on any atom is -0.493 e. The topological polar surface area (TPSA) is 73.3 Å². The number of nitrogens with zero attached hydrogens (tertiary/aromatic N) is 2. The summed E-state index contributed by atoms with van der Waals surface area (Å²) in [6, 6.07) is 15.3. The summed E-state index contributed by atoms with van der Waals surface area (Å²) in [6.07, 6.45) is 1.76. The number of amides is 1. The second-order valence-electron chi connectivity index (χ2n) is 6.87. The monoisotopic (exact) mass is 419 g/mol. The third-order valence-electron chi connectivity index (χ3n) is 4.60. The van der Waals surface area contributed by atoms with E-state index < -0.39 is 0 Å². The summed E-state index contributed by atoms with van der Waals surface area (Å²) in [7, 11) is 1.58. The number of carbonyl (C=O) groups excluding carboxylic acids is 1. The summed E-state index contributed by atoms with van der Waals surface area (Å²) >= 11 is 1.52. The number of aryl methyl sites for hydroxylation is 2. The van der Waals surface area contributed by atoms with Gasteiger partial charge in [0.2, 0.25) is 0 Å². The van der Waals surface area contributed by atoms with Crippen molar-refractivity contribution >= 4 is 33.3 Å². The molecule has 0 spiro atoms. The van der Waals surface area contributed by atoms with Crippen molar-refractivity contribution in [2.24, 2.45) is 0 Å². The summed E-state index contributed by atoms with van der Waals surface area (Å²) in [6.45, 7) is 3.80. The maximum Gasteiger partial charge on any atom is 0.262 e. The first-order chi connectivity index (χ1) is 14.5. The van der Waals surface area contributed by atoms with Gasteiger partial charge in [0, 0.05) is 17.4 Å². The molecule has 0 radical (unpaired) electrons. The maximum atomic E-state index is 12.5. The van der Waals surface area contributed by atoms with E-state index in [0.29, 0.717) is 11.5 Å². The van der Waals surface area contributed by atoms with Crippen LogP contribution in [0.25, 0.3) is 20.9 Å². The third kappa shape index (κ3) is 4.26. The van der Waals surface area contributed by atoms with Crippen LogP contribution in [0.1, 0.15) is 11.1 Å². The molecule has 0 saturated carbocycles. The van der Waals surface area contributed by atoms with Gasteiger partial charge in [-0.05, 0) is 55.3 Å². The van der Waals surface area contributed by atoms with Crippen molar-refractivity contribution < 1.29 is 14.3 Å². The number of hydrogen-bond donors (Lipinski definition) is 1. The van der Waals surface area contributed by atoms with E-state index in [1.54, 1.807) is 19.4 Å². The quantitative estimate of drug-likeness (QED) is 0.476. The van der Waals surface area contributed by atoms with Gasteiger partial charge in [-0.3, -0.25) is 4.79 Å². The van der Waals surface area contributed by atoms with Crippen molar-refractivity contribution in [1.29, 1.82) is 0 Å². The van der Waals surface area contributed by atoms with E-state index in [9.17, 15) is 4.79 Å². The molecule has 0 atom stereocenters. The SMILES string of the molecule is COc1cc(C)ccc1OCC(=O)Nc1cc(-c2nc3cccnc3s2)ccc1C. The molecule has 0 aliphatic carbocycles. The van der Waals surface area contributed by atoms with E-state index in [4.69, 9.17) is 9.47 Å². The zero-order valence-corrected chi connectivity index (χ0v) is 17.7. The molecular formula is C23H21N3O3S. The Bertz CT molecular complexity index is 1190. The van der Waals surface area contributed by atoms with Gasteiger partial charge in [-0.25, -0.2) is 9.97 Å². The van der Waals surface area contributed by atoms with Gasteiger partial charge in [0.25, 0.3) is 5.91 Å². The van der Waals surface area contributed by atoms with Crippen LogP contribution in [0, 0.1) is 13.8 Å². The molecule has 0 fully saturated rings. The number of nitrogens with one attached hydrogen (secondary N) is 1. The van der Waals surface area contributed by atoms with Crippen molar-refractivity contribution in [3.63, 3.8) is 0 Å². The zero-order valence-electron chi connectivity index (χ0n) is 16.9. The number of rotatable bonds is 6. The fourth-order valence-corrected chi connectivity index (χ4v) is 3.91. The van der Waals surface area contributed by atoms with Crippen LogP contribution >= 0.6 is 11.3 Å². The van der Waals surface area contributed by atoms with Crippen LogP contribution in [0.5, 0.6) is 11.5 Å². The fraction of sp³-hybridized carbons (Fsp3) is 0.174. The fourth-order valence-electron chi connectivity index (χ4n) is 3.01. The zero-order chi connectivity index (χ0) is 21.1. The van der Waals surface area contributed by atoms with Crippen LogP contribution in [-0.2, 0) is 4.79 Å². The Morgan fingerprint density at radius 1 is 1.10 bits per heavy atom. The van der Waals surface area contributed by atoms with E-state index in [-0.39, 0.29) is 12.5 Å². The van der Waals surface area contributed by atoms with Crippen molar-refractivity contribution in [2.45, 2.75) is 13.8 Å². The first-order valence-corrected chi connectivity index (χ1v) is 10.2. The minimum atomic E-state index is -0.246. The number of hydrogen-bond acceptors (Lipinski definition) is 6. The number of aromatic nitrogens is 2. The largest absolute Gasteiger partial charge is 0.493 e. The standard InChI is InChI=1S/C23H21N3O3S/c1-14-6-9-19(20(11-14)28-3)29-13-21(27)25-18-12-16(8-7-15(18)2)22-26-17-5-4-10-24-23(17)30-22/h4-12H,13H2,1-3H3,(H,25,27). The first kappa shape index (κ1) is 19.8. The average molecular weight is 420 g/mol. The summed E-state index contributed by atoms with van der Waals surface area (Å²) < 4.78 is 11.0. The lowest BCUT2D eigenvalue weighted by Crippen LogP contribution is -2.20. The normalized spacial score (nSPS) is 10.8. The van der Waals surface area contributed by atoms with Crippen LogP contribution in [0.4, 0.5) is 5.69 Å². The van der Waals surface area contributed by atoms with Crippen molar-refractivity contribution in [3.05, 3.63) is 65.9 Å². The predicted octanol–water partition coefficient (Wildman–Crippen LogP) is 5.00. The molecule has 1 N–H and O–H groups in total. The average Bonchev–Trinajstić information content (AvgIpc) is 3.18. The van der Waals surface area contributed by atoms with Gasteiger partial charge in [-0.1, -0.05) is 29.5 Å². The van der Waals surface area contributed by atoms with E-state index in [1.165, 1.54) is 11.3 Å². The summed E-state index contributed by atoms with van der Waals surface area (Å²) in [5.74, 6) is 0.889. The van der Waals surface area contributed by atoms with Crippen LogP contribution in [-0.4, -0.2) is 29.6 Å². The van der Waals surface area contributed by atoms with Gasteiger partial charge in [0.1, 0.15) is 15.4 Å². The Labute approximate surface area is 178 Å². The molecule has 2 heterocycles. The number of fused-ring (bicyclic) bond motifs is 1. The lowest BCUT2D eigenvalue weighted by molar-refractivity contribution is -0.118. The molecule has 30 heavy (non-hydrogen) atoms. The van der Waals surface area contributed by atoms with Gasteiger partial charge >= 0.3 is 0 Å². The smallest absolute Gasteiger partial charge is 0.262 e. The van der Waals surface area contributed by atoms with Crippen molar-refractivity contribution in [3.8, 4) is 22.1 Å². The van der Waals surface area contributed by atoms with E-state index in [1.807, 2.05) is 56.3 Å². The van der Waals surface area contributed by atoms with Gasteiger partial charge in [0.05, 0.1) is 7.11 Å². The Morgan fingerprint density at radius 3 is 2.77 bits per heavy atom. The lowest BCUT2D eigenvalue weighted by atomic mass is 10.1. The van der Waals surface area contributed by atoms with Gasteiger partial charge < -0.3 is 14.8 Å². The highest BCUT2D eigenvalue weighted by Gasteiger charge is 2.12. The lowest BCUT2D eigenvalue weighted by Gasteiger charge is -2.13. The second-order valence-corrected chi connectivity index (χ2v) is 7.85. The van der Waals surface area contributed by atoms with E-state index in [2.05, 4.69) is 15.3 Å². The van der Waals surface area contributed by atoms with Gasteiger partial charge in [-0.15, -0.1) is 0 Å². The second kappa shape index (κ2) is 8.51. The first-order valence-electron chi connectivity index (χ1n) is 9.43. The number of pyridine rings is 1. The molecule has 152 valence electrons. The Hall–Kier alpha value is -3.45. The molecule has 2 aromatic carbocycles. The Balaban J connectivity index is 1.49. The van der Waals surface area contributed by atoms with Crippen LogP contribution in [0.15, 0.2) is 54.7 Å². The molecule has 1 amide bonds. The molecule has 0 saturated heterocycles. The van der Waals surface area contributed by atoms with Crippen molar-refractivity contribution in [2.75, 3.05) is 19.0 Å². The highest BCUT2D eigenvalue weighted by Crippen LogP contribution is 2.31. The summed E-state index contributed by atoms with van der Waals surface area (Å²) in [5.41, 5.74) is 4.54. The summed E-state index contributed by atoms with van der Waals surface area (Å²) in [5, 5.41) is 3.79. The Kier molecular flexibility index (Phi) is 5.63. The predicted molar refractivity (Wildman–Crippen MR) is 119 cm³/mol. The number of ether oxygens (including phenoxy) is 2. The molecule has 0 aliphatic heterocycles. The highest BCUT2D eigenvalue weighted by atomic mass is 32.1. The van der Waals surface area contributed by atoms with E-state index in [0.717, 1.165) is 37.7 Å². The van der Waals surface area contributed by atoms with Gasteiger partial charge in [0.15, 0.2) is 18.1 Å². The molecule has 0 unspecified atom stereocenters. The minimum absolute atomic E-state index is 0.117. The number of carbonyl (C=O) groups is 1. The van der Waals surface area contributed by atoms with E-state index >= 15 is 0 Å². The maximum absolute atomic E-state index is 12.5. The molecule has 6 nitrogen and oxygen atoms in total. The molecule has 4 aromatic rings. The van der Waals surface area contributed by atoms with Gasteiger partial charge in [-0.2, -0.15) is 0 Å². The summed E-state index contributed by atoms with van der Waals surface area (Å²) in [4.78, 5) is 22.4. The molecule has 2 aromatic heterocycles. The third-order valence-corrected chi connectivity index (χ3v) is 5.63. The Morgan fingerprint density at radius 2 is 1.97 bits per heavy atom. The number of benzene rings is 2. The van der Waals surface area contributed by atoms with Crippen LogP contribution < -0.4 is 14.8 Å². The van der Waals surface area contributed by atoms with Crippen LogP contribution in [0.2, 0.25) is 0 Å². The molecule has 4 rings (SSSR count). The molecular weight excluding hydrogens is 398 g/mol. The highest BCUT2D eigenvalue weighted by molar-refractivity contribution is 7.21. The number of methoxy groups -OCH3 is 1. The molecule has 7 heteroatoms. The number of thiazole rings is 1. The molecule has 0 bridgehead atoms. The molecule has 0 aliphatic rings.